The Morgan fingerprint density at radius 3 is 2.60 bits per heavy atom. The molecule has 2 nitrogen and oxygen atoms in total. The third-order valence-corrected chi connectivity index (χ3v) is 3.41. The molecule has 3 heteroatoms. The maximum atomic E-state index is 12.7. The molecule has 0 heterocycles. The fourth-order valence-corrected chi connectivity index (χ4v) is 1.99. The minimum Gasteiger partial charge on any atom is -0.352 e. The second kappa shape index (κ2) is 9.29. The van der Waals surface area contributed by atoms with Crippen molar-refractivity contribution < 1.29 is 9.18 Å². The minimum atomic E-state index is -0.270. The van der Waals surface area contributed by atoms with E-state index in [1.165, 1.54) is 31.1 Å². The topological polar surface area (TPSA) is 29.1 Å². The van der Waals surface area contributed by atoms with Gasteiger partial charge in [0.05, 0.1) is 0 Å². The van der Waals surface area contributed by atoms with E-state index in [0.29, 0.717) is 5.92 Å². The van der Waals surface area contributed by atoms with Gasteiger partial charge in [0.2, 0.25) is 5.91 Å². The monoisotopic (exact) mass is 277 g/mol. The van der Waals surface area contributed by atoms with Crippen LogP contribution in [0.1, 0.15) is 45.1 Å². The summed E-state index contributed by atoms with van der Waals surface area (Å²) >= 11 is 0. The van der Waals surface area contributed by atoms with E-state index in [1.54, 1.807) is 18.2 Å². The van der Waals surface area contributed by atoms with E-state index in [9.17, 15) is 9.18 Å². The normalized spacial score (nSPS) is 12.6. The minimum absolute atomic E-state index is 0.0933. The largest absolute Gasteiger partial charge is 0.352 e. The SMILES string of the molecule is CCCC[C@H](CC)CNC(=O)/C=C/c1ccc(F)cc1. The van der Waals surface area contributed by atoms with Crippen molar-refractivity contribution in [1.82, 2.24) is 5.32 Å². The number of unbranched alkanes of at least 4 members (excludes halogenated alkanes) is 1. The molecule has 1 amide bonds. The molecule has 1 atom stereocenters. The Morgan fingerprint density at radius 1 is 1.30 bits per heavy atom. The van der Waals surface area contributed by atoms with Crippen molar-refractivity contribution in [3.8, 4) is 0 Å². The zero-order valence-electron chi connectivity index (χ0n) is 12.4. The second-order valence-corrected chi connectivity index (χ2v) is 5.05. The third kappa shape index (κ3) is 6.50. The van der Waals surface area contributed by atoms with Crippen molar-refractivity contribution in [3.05, 3.63) is 41.7 Å². The first-order chi connectivity index (χ1) is 9.65. The van der Waals surface area contributed by atoms with Crippen LogP contribution in [0.5, 0.6) is 0 Å². The summed E-state index contributed by atoms with van der Waals surface area (Å²) in [6.45, 7) is 5.06. The van der Waals surface area contributed by atoms with E-state index in [0.717, 1.165) is 24.9 Å². The number of rotatable bonds is 8. The molecule has 1 aromatic rings. The highest BCUT2D eigenvalue weighted by molar-refractivity contribution is 5.91. The highest BCUT2D eigenvalue weighted by Gasteiger charge is 2.06. The Bertz CT molecular complexity index is 425. The zero-order chi connectivity index (χ0) is 14.8. The molecule has 0 radical (unpaired) electrons. The summed E-state index contributed by atoms with van der Waals surface area (Å²) in [4.78, 5) is 11.7. The molecule has 1 aromatic carbocycles. The summed E-state index contributed by atoms with van der Waals surface area (Å²) in [6.07, 6.45) is 7.84. The number of amides is 1. The number of hydrogen-bond donors (Lipinski definition) is 1. The van der Waals surface area contributed by atoms with Crippen molar-refractivity contribution in [2.24, 2.45) is 5.92 Å². The standard InChI is InChI=1S/C17H24FNO/c1-3-5-6-14(4-2)13-19-17(20)12-9-15-7-10-16(18)11-8-15/h7-12,14H,3-6,13H2,1-2H3,(H,19,20)/b12-9+/t14-/m0/s1. The van der Waals surface area contributed by atoms with E-state index in [-0.39, 0.29) is 11.7 Å². The summed E-state index contributed by atoms with van der Waals surface area (Å²) in [5.74, 6) is 0.190. The first kappa shape index (κ1) is 16.4. The summed E-state index contributed by atoms with van der Waals surface area (Å²) in [6, 6.07) is 6.06. The average Bonchev–Trinajstić information content (AvgIpc) is 2.47. The van der Waals surface area contributed by atoms with E-state index >= 15 is 0 Å². The van der Waals surface area contributed by atoms with Crippen LogP contribution in [0.2, 0.25) is 0 Å². The molecule has 0 bridgehead atoms. The van der Waals surface area contributed by atoms with Crippen molar-refractivity contribution >= 4 is 12.0 Å². The lowest BCUT2D eigenvalue weighted by molar-refractivity contribution is -0.116. The molecule has 0 unspecified atom stereocenters. The number of carbonyl (C=O) groups excluding carboxylic acids is 1. The predicted molar refractivity (Wildman–Crippen MR) is 81.7 cm³/mol. The highest BCUT2D eigenvalue weighted by atomic mass is 19.1. The fourth-order valence-electron chi connectivity index (χ4n) is 1.99. The molecule has 20 heavy (non-hydrogen) atoms. The molecule has 0 aliphatic carbocycles. The second-order valence-electron chi connectivity index (χ2n) is 5.05. The van der Waals surface area contributed by atoms with Gasteiger partial charge in [-0.05, 0) is 36.1 Å². The summed E-state index contributed by atoms with van der Waals surface area (Å²) in [7, 11) is 0. The average molecular weight is 277 g/mol. The van der Waals surface area contributed by atoms with Crippen LogP contribution in [0.3, 0.4) is 0 Å². The first-order valence-corrected chi connectivity index (χ1v) is 7.37. The molecule has 110 valence electrons. The summed E-state index contributed by atoms with van der Waals surface area (Å²) in [5.41, 5.74) is 0.819. The molecule has 0 saturated carbocycles. The molecule has 0 fully saturated rings. The van der Waals surface area contributed by atoms with Gasteiger partial charge in [0.15, 0.2) is 0 Å². The van der Waals surface area contributed by atoms with Gasteiger partial charge < -0.3 is 5.32 Å². The molecule has 0 saturated heterocycles. The molecule has 1 rings (SSSR count). The maximum Gasteiger partial charge on any atom is 0.244 e. The van der Waals surface area contributed by atoms with Crippen molar-refractivity contribution in [1.29, 1.82) is 0 Å². The Hall–Kier alpha value is -1.64. The summed E-state index contributed by atoms with van der Waals surface area (Å²) in [5, 5.41) is 2.92. The van der Waals surface area contributed by atoms with Crippen LogP contribution in [0.15, 0.2) is 30.3 Å². The molecular weight excluding hydrogens is 253 g/mol. The lowest BCUT2D eigenvalue weighted by atomic mass is 9.99. The number of nitrogens with one attached hydrogen (secondary N) is 1. The van der Waals surface area contributed by atoms with Crippen LogP contribution < -0.4 is 5.32 Å². The lowest BCUT2D eigenvalue weighted by Gasteiger charge is -2.14. The van der Waals surface area contributed by atoms with Crippen molar-refractivity contribution in [2.75, 3.05) is 6.54 Å². The Balaban J connectivity index is 2.37. The van der Waals surface area contributed by atoms with Gasteiger partial charge in [0, 0.05) is 12.6 Å². The van der Waals surface area contributed by atoms with Crippen molar-refractivity contribution in [2.45, 2.75) is 39.5 Å². The van der Waals surface area contributed by atoms with E-state index < -0.39 is 0 Å². The van der Waals surface area contributed by atoms with Crippen LogP contribution in [0.4, 0.5) is 4.39 Å². The van der Waals surface area contributed by atoms with Crippen LogP contribution in [-0.2, 0) is 4.79 Å². The van der Waals surface area contributed by atoms with Gasteiger partial charge in [0.25, 0.3) is 0 Å². The van der Waals surface area contributed by atoms with E-state index in [1.807, 2.05) is 0 Å². The van der Waals surface area contributed by atoms with Gasteiger partial charge in [-0.3, -0.25) is 4.79 Å². The Labute approximate surface area is 121 Å². The van der Waals surface area contributed by atoms with Gasteiger partial charge in [0.1, 0.15) is 5.82 Å². The van der Waals surface area contributed by atoms with Gasteiger partial charge in [-0.2, -0.15) is 0 Å². The van der Waals surface area contributed by atoms with Gasteiger partial charge >= 0.3 is 0 Å². The molecule has 0 aliphatic rings. The van der Waals surface area contributed by atoms with Crippen LogP contribution in [0.25, 0.3) is 6.08 Å². The molecule has 0 spiro atoms. The van der Waals surface area contributed by atoms with Gasteiger partial charge in [-0.25, -0.2) is 4.39 Å². The fraction of sp³-hybridized carbons (Fsp3) is 0.471. The van der Waals surface area contributed by atoms with Crippen LogP contribution in [-0.4, -0.2) is 12.5 Å². The number of hydrogen-bond acceptors (Lipinski definition) is 1. The van der Waals surface area contributed by atoms with Crippen LogP contribution >= 0.6 is 0 Å². The Kier molecular flexibility index (Phi) is 7.63. The third-order valence-electron chi connectivity index (χ3n) is 3.41. The summed E-state index contributed by atoms with van der Waals surface area (Å²) < 4.78 is 12.7. The smallest absolute Gasteiger partial charge is 0.244 e. The molecule has 1 N–H and O–H groups in total. The maximum absolute atomic E-state index is 12.7. The van der Waals surface area contributed by atoms with E-state index in [2.05, 4.69) is 19.2 Å². The molecule has 0 aromatic heterocycles. The van der Waals surface area contributed by atoms with Crippen molar-refractivity contribution in [3.63, 3.8) is 0 Å². The van der Waals surface area contributed by atoms with Gasteiger partial charge in [-0.1, -0.05) is 45.2 Å². The first-order valence-electron chi connectivity index (χ1n) is 7.37. The van der Waals surface area contributed by atoms with Gasteiger partial charge in [-0.15, -0.1) is 0 Å². The lowest BCUT2D eigenvalue weighted by Crippen LogP contribution is -2.27. The predicted octanol–water partition coefficient (Wildman–Crippen LogP) is 4.17. The quantitative estimate of drug-likeness (QED) is 0.710. The molecular formula is C17H24FNO. The van der Waals surface area contributed by atoms with Crippen LogP contribution in [0, 0.1) is 11.7 Å². The number of carbonyl (C=O) groups is 1. The number of halogens is 1. The zero-order valence-corrected chi connectivity index (χ0v) is 12.4. The number of benzene rings is 1. The molecule has 0 aliphatic heterocycles. The van der Waals surface area contributed by atoms with E-state index in [4.69, 9.17) is 0 Å². The Morgan fingerprint density at radius 2 is 2.00 bits per heavy atom. The highest BCUT2D eigenvalue weighted by Crippen LogP contribution is 2.11.